The van der Waals surface area contributed by atoms with Crippen LogP contribution in [0, 0.1) is 11.8 Å². The average Bonchev–Trinajstić information content (AvgIpc) is 2.77. The predicted molar refractivity (Wildman–Crippen MR) is 66.0 cm³/mol. The van der Waals surface area contributed by atoms with Gasteiger partial charge in [-0.1, -0.05) is 39.0 Å². The van der Waals surface area contributed by atoms with Crippen LogP contribution in [0.1, 0.15) is 58.3 Å². The summed E-state index contributed by atoms with van der Waals surface area (Å²) in [4.78, 5) is 2.74. The molecular weight excluding hydrogens is 182 g/mol. The number of fused-ring (bicyclic) bond motifs is 1. The topological polar surface area (TPSA) is 3.24 Å². The van der Waals surface area contributed by atoms with Gasteiger partial charge in [0.15, 0.2) is 0 Å². The summed E-state index contributed by atoms with van der Waals surface area (Å²) in [6, 6.07) is 0. The van der Waals surface area contributed by atoms with E-state index in [2.05, 4.69) is 11.8 Å². The lowest BCUT2D eigenvalue weighted by atomic mass is 10.0. The highest BCUT2D eigenvalue weighted by Crippen LogP contribution is 2.37. The van der Waals surface area contributed by atoms with E-state index >= 15 is 0 Å². The van der Waals surface area contributed by atoms with E-state index in [4.69, 9.17) is 0 Å². The van der Waals surface area contributed by atoms with Crippen molar-refractivity contribution in [3.8, 4) is 0 Å². The van der Waals surface area contributed by atoms with Crippen LogP contribution < -0.4 is 0 Å². The first-order valence-electron chi connectivity index (χ1n) is 7.12. The second kappa shape index (κ2) is 5.89. The minimum absolute atomic E-state index is 1.08. The lowest BCUT2D eigenvalue weighted by Gasteiger charge is -2.16. The van der Waals surface area contributed by atoms with E-state index in [0.717, 1.165) is 11.8 Å². The fraction of sp³-hybridized carbons (Fsp3) is 1.00. The molecule has 0 aromatic carbocycles. The quantitative estimate of drug-likeness (QED) is 0.603. The summed E-state index contributed by atoms with van der Waals surface area (Å²) in [6.07, 6.45) is 11.7. The Hall–Kier alpha value is -0.0400. The number of rotatable bonds is 6. The molecule has 0 amide bonds. The van der Waals surface area contributed by atoms with Gasteiger partial charge in [0.25, 0.3) is 0 Å². The molecule has 1 saturated heterocycles. The van der Waals surface area contributed by atoms with Crippen molar-refractivity contribution in [3.05, 3.63) is 0 Å². The van der Waals surface area contributed by atoms with Crippen molar-refractivity contribution >= 4 is 0 Å². The van der Waals surface area contributed by atoms with Crippen LogP contribution in [0.2, 0.25) is 0 Å². The molecule has 1 nitrogen and oxygen atoms in total. The van der Waals surface area contributed by atoms with Crippen LogP contribution in [-0.2, 0) is 0 Å². The number of nitrogens with zero attached hydrogens (tertiary/aromatic N) is 1. The average molecular weight is 209 g/mol. The zero-order chi connectivity index (χ0) is 10.5. The fourth-order valence-corrected chi connectivity index (χ4v) is 3.45. The van der Waals surface area contributed by atoms with Gasteiger partial charge in [-0.2, -0.15) is 0 Å². The van der Waals surface area contributed by atoms with Gasteiger partial charge in [0.1, 0.15) is 0 Å². The standard InChI is InChI=1S/C14H27N/c1-2-3-4-5-6-10-15-11-13-8-7-9-14(13)12-15/h13-14H,2-12H2,1H3. The number of likely N-dealkylation sites (tertiary alicyclic amines) is 1. The summed E-state index contributed by atoms with van der Waals surface area (Å²) >= 11 is 0. The fourth-order valence-electron chi connectivity index (χ4n) is 3.45. The van der Waals surface area contributed by atoms with E-state index in [0.29, 0.717) is 0 Å². The Labute approximate surface area is 95.2 Å². The molecule has 0 aromatic rings. The zero-order valence-electron chi connectivity index (χ0n) is 10.4. The highest BCUT2D eigenvalue weighted by Gasteiger charge is 2.35. The van der Waals surface area contributed by atoms with Gasteiger partial charge in [-0.15, -0.1) is 0 Å². The SMILES string of the molecule is CCCCCCCN1CC2CCCC2C1. The van der Waals surface area contributed by atoms with Gasteiger partial charge in [-0.3, -0.25) is 0 Å². The first-order chi connectivity index (χ1) is 7.40. The second-order valence-corrected chi connectivity index (χ2v) is 5.62. The van der Waals surface area contributed by atoms with Crippen LogP contribution in [0.3, 0.4) is 0 Å². The van der Waals surface area contributed by atoms with Gasteiger partial charge >= 0.3 is 0 Å². The Morgan fingerprint density at radius 2 is 1.60 bits per heavy atom. The van der Waals surface area contributed by atoms with E-state index in [1.54, 1.807) is 0 Å². The van der Waals surface area contributed by atoms with Crippen molar-refractivity contribution in [2.75, 3.05) is 19.6 Å². The molecule has 2 rings (SSSR count). The molecule has 0 aromatic heterocycles. The molecule has 2 unspecified atom stereocenters. The Bertz CT molecular complexity index is 166. The summed E-state index contributed by atoms with van der Waals surface area (Å²) in [5, 5.41) is 0. The van der Waals surface area contributed by atoms with E-state index < -0.39 is 0 Å². The third-order valence-corrected chi connectivity index (χ3v) is 4.38. The van der Waals surface area contributed by atoms with Crippen molar-refractivity contribution in [1.29, 1.82) is 0 Å². The van der Waals surface area contributed by atoms with Crippen LogP contribution in [0.25, 0.3) is 0 Å². The maximum absolute atomic E-state index is 2.74. The smallest absolute Gasteiger partial charge is 0.00129 e. The van der Waals surface area contributed by atoms with Gasteiger partial charge in [0, 0.05) is 13.1 Å². The minimum atomic E-state index is 1.08. The molecule has 15 heavy (non-hydrogen) atoms. The van der Waals surface area contributed by atoms with Crippen molar-refractivity contribution < 1.29 is 0 Å². The molecule has 0 N–H and O–H groups in total. The van der Waals surface area contributed by atoms with Crippen LogP contribution >= 0.6 is 0 Å². The van der Waals surface area contributed by atoms with Crippen molar-refractivity contribution in [2.24, 2.45) is 11.8 Å². The molecule has 0 bridgehead atoms. The summed E-state index contributed by atoms with van der Waals surface area (Å²) < 4.78 is 0. The second-order valence-electron chi connectivity index (χ2n) is 5.62. The molecule has 1 aliphatic carbocycles. The maximum atomic E-state index is 2.74. The maximum Gasteiger partial charge on any atom is 0.00129 e. The predicted octanol–water partition coefficient (Wildman–Crippen LogP) is 3.69. The Balaban J connectivity index is 1.53. The van der Waals surface area contributed by atoms with Gasteiger partial charge in [0.05, 0.1) is 0 Å². The van der Waals surface area contributed by atoms with Gasteiger partial charge in [-0.05, 0) is 37.6 Å². The molecule has 0 spiro atoms. The van der Waals surface area contributed by atoms with Crippen molar-refractivity contribution in [1.82, 2.24) is 4.90 Å². The third-order valence-electron chi connectivity index (χ3n) is 4.38. The van der Waals surface area contributed by atoms with Gasteiger partial charge in [0.2, 0.25) is 0 Å². The summed E-state index contributed by atoms with van der Waals surface area (Å²) in [7, 11) is 0. The van der Waals surface area contributed by atoms with E-state index in [1.807, 2.05) is 0 Å². The molecule has 2 aliphatic rings. The van der Waals surface area contributed by atoms with Crippen LogP contribution in [0.15, 0.2) is 0 Å². The monoisotopic (exact) mass is 209 g/mol. The van der Waals surface area contributed by atoms with Crippen LogP contribution in [-0.4, -0.2) is 24.5 Å². The summed E-state index contributed by atoms with van der Waals surface area (Å²) in [5.74, 6) is 2.17. The van der Waals surface area contributed by atoms with Crippen molar-refractivity contribution in [3.63, 3.8) is 0 Å². The summed E-state index contributed by atoms with van der Waals surface area (Å²) in [5.41, 5.74) is 0. The number of hydrogen-bond donors (Lipinski definition) is 0. The molecule has 1 heterocycles. The summed E-state index contributed by atoms with van der Waals surface area (Å²) in [6.45, 7) is 6.54. The highest BCUT2D eigenvalue weighted by molar-refractivity contribution is 4.88. The Morgan fingerprint density at radius 1 is 0.933 bits per heavy atom. The molecule has 0 radical (unpaired) electrons. The largest absolute Gasteiger partial charge is 0.303 e. The lowest BCUT2D eigenvalue weighted by Crippen LogP contribution is -2.22. The van der Waals surface area contributed by atoms with E-state index in [1.165, 1.54) is 71.0 Å². The molecular formula is C14H27N. The number of hydrogen-bond acceptors (Lipinski definition) is 1. The van der Waals surface area contributed by atoms with E-state index in [9.17, 15) is 0 Å². The highest BCUT2D eigenvalue weighted by atomic mass is 15.2. The third kappa shape index (κ3) is 3.21. The Morgan fingerprint density at radius 3 is 2.27 bits per heavy atom. The molecule has 1 heteroatoms. The molecule has 2 fully saturated rings. The molecule has 1 saturated carbocycles. The number of unbranched alkanes of at least 4 members (excludes halogenated alkanes) is 4. The molecule has 1 aliphatic heterocycles. The molecule has 88 valence electrons. The minimum Gasteiger partial charge on any atom is -0.303 e. The molecule has 2 atom stereocenters. The van der Waals surface area contributed by atoms with E-state index in [-0.39, 0.29) is 0 Å². The normalized spacial score (nSPS) is 31.0. The Kier molecular flexibility index (Phi) is 4.49. The first-order valence-corrected chi connectivity index (χ1v) is 7.12. The van der Waals surface area contributed by atoms with Gasteiger partial charge < -0.3 is 4.90 Å². The lowest BCUT2D eigenvalue weighted by molar-refractivity contribution is 0.302. The van der Waals surface area contributed by atoms with Gasteiger partial charge in [-0.25, -0.2) is 0 Å². The first kappa shape index (κ1) is 11.4. The van der Waals surface area contributed by atoms with Crippen LogP contribution in [0.4, 0.5) is 0 Å². The van der Waals surface area contributed by atoms with Crippen molar-refractivity contribution in [2.45, 2.75) is 58.3 Å². The zero-order valence-corrected chi connectivity index (χ0v) is 10.4. The van der Waals surface area contributed by atoms with Crippen LogP contribution in [0.5, 0.6) is 0 Å².